The number of alkyl halides is 2. The molecule has 7 heavy (non-hydrogen) atoms. The van der Waals surface area contributed by atoms with E-state index in [1.165, 1.54) is 0 Å². The molecule has 3 aliphatic rings. The van der Waals surface area contributed by atoms with Crippen LogP contribution in [0.25, 0.3) is 0 Å². The summed E-state index contributed by atoms with van der Waals surface area (Å²) in [7, 11) is 0. The van der Waals surface area contributed by atoms with Gasteiger partial charge in [0.05, 0.1) is 0 Å². The van der Waals surface area contributed by atoms with Gasteiger partial charge in [-0.2, -0.15) is 0 Å². The Balaban J connectivity index is 2.16. The number of halogens is 2. The van der Waals surface area contributed by atoms with Crippen molar-refractivity contribution >= 4 is 15.9 Å². The first-order chi connectivity index (χ1) is 3.12. The molecule has 0 amide bonds. The Morgan fingerprint density at radius 3 is 1.71 bits per heavy atom. The molecule has 0 aromatic rings. The molecule has 3 aliphatic carbocycles. The average molecular weight is 165 g/mol. The van der Waals surface area contributed by atoms with Crippen molar-refractivity contribution in [3.8, 4) is 0 Å². The lowest BCUT2D eigenvalue weighted by Gasteiger charge is -2.62. The van der Waals surface area contributed by atoms with Crippen molar-refractivity contribution in [3.05, 3.63) is 0 Å². The fourth-order valence-electron chi connectivity index (χ4n) is 1.55. The molecule has 0 nitrogen and oxygen atoms in total. The van der Waals surface area contributed by atoms with Crippen molar-refractivity contribution in [1.29, 1.82) is 0 Å². The topological polar surface area (TPSA) is 0 Å². The Hall–Kier alpha value is 0.410. The van der Waals surface area contributed by atoms with Crippen LogP contribution in [-0.4, -0.2) is 9.99 Å². The third-order valence-corrected chi connectivity index (χ3v) is 2.74. The SMILES string of the molecule is FC12CC(Br)(C1)C2. The van der Waals surface area contributed by atoms with Crippen molar-refractivity contribution in [2.45, 2.75) is 29.3 Å². The summed E-state index contributed by atoms with van der Waals surface area (Å²) in [5.74, 6) is 0. The first-order valence-electron chi connectivity index (χ1n) is 2.50. The van der Waals surface area contributed by atoms with E-state index >= 15 is 0 Å². The van der Waals surface area contributed by atoms with Crippen LogP contribution in [0.15, 0.2) is 0 Å². The van der Waals surface area contributed by atoms with Crippen molar-refractivity contribution in [2.75, 3.05) is 0 Å². The Bertz CT molecular complexity index is 89.5. The molecule has 0 aromatic carbocycles. The zero-order valence-corrected chi connectivity index (χ0v) is 5.46. The monoisotopic (exact) mass is 164 g/mol. The maximum Gasteiger partial charge on any atom is 0.115 e. The van der Waals surface area contributed by atoms with E-state index in [0.29, 0.717) is 0 Å². The highest BCUT2D eigenvalue weighted by Crippen LogP contribution is 2.67. The van der Waals surface area contributed by atoms with E-state index in [4.69, 9.17) is 0 Å². The van der Waals surface area contributed by atoms with Crippen LogP contribution in [0.3, 0.4) is 0 Å². The van der Waals surface area contributed by atoms with Crippen LogP contribution in [0.4, 0.5) is 4.39 Å². The van der Waals surface area contributed by atoms with E-state index in [9.17, 15) is 4.39 Å². The van der Waals surface area contributed by atoms with Crippen LogP contribution in [0.2, 0.25) is 0 Å². The van der Waals surface area contributed by atoms with Crippen LogP contribution in [0.1, 0.15) is 19.3 Å². The van der Waals surface area contributed by atoms with Gasteiger partial charge in [0.2, 0.25) is 0 Å². The van der Waals surface area contributed by atoms with Crippen LogP contribution in [-0.2, 0) is 0 Å². The van der Waals surface area contributed by atoms with Crippen molar-refractivity contribution in [3.63, 3.8) is 0 Å². The fourth-order valence-corrected chi connectivity index (χ4v) is 3.06. The summed E-state index contributed by atoms with van der Waals surface area (Å²) < 4.78 is 12.8. The quantitative estimate of drug-likeness (QED) is 0.481. The second-order valence-corrected chi connectivity index (χ2v) is 4.51. The molecule has 0 N–H and O–H groups in total. The van der Waals surface area contributed by atoms with Gasteiger partial charge in [0, 0.05) is 4.32 Å². The van der Waals surface area contributed by atoms with Gasteiger partial charge >= 0.3 is 0 Å². The van der Waals surface area contributed by atoms with Crippen molar-refractivity contribution in [2.24, 2.45) is 0 Å². The highest BCUT2D eigenvalue weighted by Gasteiger charge is 2.67. The van der Waals surface area contributed by atoms with Crippen LogP contribution in [0.5, 0.6) is 0 Å². The van der Waals surface area contributed by atoms with E-state index in [0.717, 1.165) is 19.3 Å². The molecular weight excluding hydrogens is 159 g/mol. The molecular formula is C5H6BrF. The largest absolute Gasteiger partial charge is 0.244 e. The smallest absolute Gasteiger partial charge is 0.115 e. The van der Waals surface area contributed by atoms with Gasteiger partial charge in [-0.05, 0) is 19.3 Å². The lowest BCUT2D eigenvalue weighted by molar-refractivity contribution is -0.0972. The minimum Gasteiger partial charge on any atom is -0.244 e. The minimum atomic E-state index is -0.719. The van der Waals surface area contributed by atoms with E-state index < -0.39 is 5.67 Å². The molecule has 0 unspecified atom stereocenters. The summed E-state index contributed by atoms with van der Waals surface area (Å²) in [6.07, 6.45) is 2.29. The number of hydrogen-bond donors (Lipinski definition) is 0. The molecule has 0 aromatic heterocycles. The average Bonchev–Trinajstić information content (AvgIpc) is 1.27. The molecule has 40 valence electrons. The van der Waals surface area contributed by atoms with Crippen LogP contribution < -0.4 is 0 Å². The minimum absolute atomic E-state index is 0.266. The first-order valence-corrected chi connectivity index (χ1v) is 3.29. The van der Waals surface area contributed by atoms with E-state index in [1.807, 2.05) is 0 Å². The molecule has 2 heteroatoms. The van der Waals surface area contributed by atoms with E-state index in [2.05, 4.69) is 15.9 Å². The number of rotatable bonds is 0. The first kappa shape index (κ1) is 4.30. The number of hydrogen-bond acceptors (Lipinski definition) is 0. The maximum atomic E-state index is 12.5. The maximum absolute atomic E-state index is 12.5. The van der Waals surface area contributed by atoms with Gasteiger partial charge in [-0.15, -0.1) is 0 Å². The van der Waals surface area contributed by atoms with Gasteiger partial charge in [0.25, 0.3) is 0 Å². The lowest BCUT2D eigenvalue weighted by Crippen LogP contribution is -2.65. The Kier molecular flexibility index (Phi) is 0.486. The summed E-state index contributed by atoms with van der Waals surface area (Å²) in [5, 5.41) is 0. The summed E-state index contributed by atoms with van der Waals surface area (Å²) >= 11 is 3.43. The third kappa shape index (κ3) is 0.368. The van der Waals surface area contributed by atoms with Gasteiger partial charge in [0.15, 0.2) is 0 Å². The molecule has 2 bridgehead atoms. The molecule has 0 aliphatic heterocycles. The Morgan fingerprint density at radius 1 is 1.29 bits per heavy atom. The Morgan fingerprint density at radius 2 is 1.71 bits per heavy atom. The van der Waals surface area contributed by atoms with Gasteiger partial charge in [-0.25, -0.2) is 4.39 Å². The lowest BCUT2D eigenvalue weighted by atomic mass is 9.53. The zero-order chi connectivity index (χ0) is 5.12. The molecule has 0 saturated heterocycles. The fraction of sp³-hybridized carbons (Fsp3) is 1.00. The molecule has 3 saturated carbocycles. The normalized spacial score (nSPS) is 66.0. The molecule has 3 fully saturated rings. The van der Waals surface area contributed by atoms with Crippen molar-refractivity contribution < 1.29 is 4.39 Å². The van der Waals surface area contributed by atoms with Gasteiger partial charge in [-0.3, -0.25) is 0 Å². The standard InChI is InChI=1S/C5H6BrF/c6-4-1-5(7,2-4)3-4/h1-3H2. The van der Waals surface area contributed by atoms with Crippen LogP contribution >= 0.6 is 15.9 Å². The van der Waals surface area contributed by atoms with E-state index in [-0.39, 0.29) is 4.32 Å². The third-order valence-electron chi connectivity index (χ3n) is 1.90. The highest BCUT2D eigenvalue weighted by atomic mass is 79.9. The molecule has 3 rings (SSSR count). The van der Waals surface area contributed by atoms with Crippen molar-refractivity contribution in [1.82, 2.24) is 0 Å². The Labute approximate surface area is 50.2 Å². The zero-order valence-electron chi connectivity index (χ0n) is 3.88. The summed E-state index contributed by atoms with van der Waals surface area (Å²) in [5.41, 5.74) is -0.719. The molecule has 0 heterocycles. The molecule has 0 atom stereocenters. The second kappa shape index (κ2) is 0.790. The summed E-state index contributed by atoms with van der Waals surface area (Å²) in [4.78, 5) is 0. The van der Waals surface area contributed by atoms with Gasteiger partial charge < -0.3 is 0 Å². The molecule has 0 radical (unpaired) electrons. The second-order valence-electron chi connectivity index (χ2n) is 2.83. The predicted molar refractivity (Wildman–Crippen MR) is 29.3 cm³/mol. The van der Waals surface area contributed by atoms with Gasteiger partial charge in [0.1, 0.15) is 5.67 Å². The van der Waals surface area contributed by atoms with Gasteiger partial charge in [-0.1, -0.05) is 15.9 Å². The molecule has 0 spiro atoms. The predicted octanol–water partition coefficient (Wildman–Crippen LogP) is 2.03. The summed E-state index contributed by atoms with van der Waals surface area (Å²) in [6, 6.07) is 0. The van der Waals surface area contributed by atoms with E-state index in [1.54, 1.807) is 0 Å². The highest BCUT2D eigenvalue weighted by molar-refractivity contribution is 9.10. The summed E-state index contributed by atoms with van der Waals surface area (Å²) in [6.45, 7) is 0. The van der Waals surface area contributed by atoms with Crippen LogP contribution in [0, 0.1) is 0 Å².